The van der Waals surface area contributed by atoms with E-state index in [2.05, 4.69) is 10.0 Å². The summed E-state index contributed by atoms with van der Waals surface area (Å²) in [4.78, 5) is 12.2. The number of alkyl halides is 3. The van der Waals surface area contributed by atoms with Crippen molar-refractivity contribution in [2.24, 2.45) is 0 Å². The third kappa shape index (κ3) is 5.48. The van der Waals surface area contributed by atoms with E-state index in [0.717, 1.165) is 12.1 Å². The van der Waals surface area contributed by atoms with Crippen LogP contribution in [-0.4, -0.2) is 19.6 Å². The molecule has 0 unspecified atom stereocenters. The number of carbonyl (C=O) groups is 1. The van der Waals surface area contributed by atoms with E-state index in [1.807, 2.05) is 0 Å². The second-order valence-corrected chi connectivity index (χ2v) is 8.83. The van der Waals surface area contributed by atoms with Crippen LogP contribution in [0.3, 0.4) is 0 Å². The summed E-state index contributed by atoms with van der Waals surface area (Å²) >= 11 is 0. The molecule has 0 saturated carbocycles. The van der Waals surface area contributed by atoms with Gasteiger partial charge in [0.2, 0.25) is 10.0 Å². The Balaban J connectivity index is 2.02. The maximum atomic E-state index is 12.7. The van der Waals surface area contributed by atoms with Gasteiger partial charge in [0, 0.05) is 17.8 Å². The Morgan fingerprint density at radius 1 is 1.07 bits per heavy atom. The van der Waals surface area contributed by atoms with Gasteiger partial charge in [-0.25, -0.2) is 8.42 Å². The van der Waals surface area contributed by atoms with E-state index < -0.39 is 32.9 Å². The zero-order valence-electron chi connectivity index (χ0n) is 15.6. The quantitative estimate of drug-likeness (QED) is 0.748. The molecule has 152 valence electrons. The molecule has 2 aromatic rings. The molecule has 0 spiro atoms. The molecular formula is C19H21F3N2O3S. The monoisotopic (exact) mass is 414 g/mol. The van der Waals surface area contributed by atoms with Crippen molar-refractivity contribution in [3.8, 4) is 0 Å². The van der Waals surface area contributed by atoms with Gasteiger partial charge in [0.25, 0.3) is 5.91 Å². The number of hydrogen-bond acceptors (Lipinski definition) is 3. The summed E-state index contributed by atoms with van der Waals surface area (Å²) in [7, 11) is -3.48. The van der Waals surface area contributed by atoms with Gasteiger partial charge < -0.3 is 5.32 Å². The number of nitrogens with one attached hydrogen (secondary N) is 2. The Kier molecular flexibility index (Phi) is 6.38. The van der Waals surface area contributed by atoms with Crippen molar-refractivity contribution in [2.45, 2.75) is 38.7 Å². The summed E-state index contributed by atoms with van der Waals surface area (Å²) in [5.41, 5.74) is 0.900. The Morgan fingerprint density at radius 2 is 1.68 bits per heavy atom. The predicted octanol–water partition coefficient (Wildman–Crippen LogP) is 4.09. The van der Waals surface area contributed by atoms with Crippen LogP contribution in [0.4, 0.5) is 18.9 Å². The molecule has 5 nitrogen and oxygen atoms in total. The zero-order valence-corrected chi connectivity index (χ0v) is 16.4. The van der Waals surface area contributed by atoms with E-state index in [0.29, 0.717) is 22.4 Å². The molecule has 0 aliphatic rings. The standard InChI is InChI=1S/C19H21F3N2O3S/c1-12(2)28(26,27)24-17-8-5-14(6-9-17)18(25)23-11-15-4-7-16(10-13(15)3)19(20,21)22/h4-10,12,24H,11H2,1-3H3,(H,23,25). The van der Waals surface area contributed by atoms with Gasteiger partial charge in [-0.2, -0.15) is 13.2 Å². The largest absolute Gasteiger partial charge is 0.416 e. The number of anilines is 1. The maximum absolute atomic E-state index is 12.7. The summed E-state index contributed by atoms with van der Waals surface area (Å²) < 4.78 is 64.2. The van der Waals surface area contributed by atoms with Gasteiger partial charge in [-0.05, 0) is 68.3 Å². The third-order valence-electron chi connectivity index (χ3n) is 4.14. The highest BCUT2D eigenvalue weighted by Crippen LogP contribution is 2.30. The summed E-state index contributed by atoms with van der Waals surface area (Å²) in [6.07, 6.45) is -4.41. The molecule has 28 heavy (non-hydrogen) atoms. The van der Waals surface area contributed by atoms with Crippen LogP contribution >= 0.6 is 0 Å². The van der Waals surface area contributed by atoms with Gasteiger partial charge in [0.05, 0.1) is 10.8 Å². The van der Waals surface area contributed by atoms with Gasteiger partial charge in [-0.3, -0.25) is 9.52 Å². The second kappa shape index (κ2) is 8.22. The van der Waals surface area contributed by atoms with E-state index in [-0.39, 0.29) is 6.54 Å². The SMILES string of the molecule is Cc1cc(C(F)(F)F)ccc1CNC(=O)c1ccc(NS(=O)(=O)C(C)C)cc1. The number of carbonyl (C=O) groups excluding carboxylic acids is 1. The molecule has 1 amide bonds. The fraction of sp³-hybridized carbons (Fsp3) is 0.316. The number of halogens is 3. The lowest BCUT2D eigenvalue weighted by Gasteiger charge is -2.13. The molecule has 0 bridgehead atoms. The summed E-state index contributed by atoms with van der Waals surface area (Å²) in [5, 5.41) is 2.05. The van der Waals surface area contributed by atoms with Crippen LogP contribution in [0.1, 0.15) is 40.9 Å². The fourth-order valence-corrected chi connectivity index (χ4v) is 3.02. The van der Waals surface area contributed by atoms with Crippen molar-refractivity contribution < 1.29 is 26.4 Å². The van der Waals surface area contributed by atoms with Crippen LogP contribution in [0.25, 0.3) is 0 Å². The van der Waals surface area contributed by atoms with Crippen molar-refractivity contribution >= 4 is 21.6 Å². The summed E-state index contributed by atoms with van der Waals surface area (Å²) in [6, 6.07) is 9.22. The molecule has 0 saturated heterocycles. The van der Waals surface area contributed by atoms with Crippen molar-refractivity contribution in [1.82, 2.24) is 5.32 Å². The molecule has 9 heteroatoms. The number of benzene rings is 2. The van der Waals surface area contributed by atoms with E-state index in [1.54, 1.807) is 20.8 Å². The Morgan fingerprint density at radius 3 is 2.18 bits per heavy atom. The van der Waals surface area contributed by atoms with Crippen molar-refractivity contribution in [1.29, 1.82) is 0 Å². The van der Waals surface area contributed by atoms with Crippen molar-refractivity contribution in [3.63, 3.8) is 0 Å². The van der Waals surface area contributed by atoms with Crippen molar-refractivity contribution in [3.05, 3.63) is 64.7 Å². The molecule has 0 aliphatic carbocycles. The topological polar surface area (TPSA) is 75.3 Å². The Hall–Kier alpha value is -2.55. The molecule has 2 aromatic carbocycles. The number of rotatable bonds is 6. The molecule has 0 aromatic heterocycles. The Bertz CT molecular complexity index is 953. The molecule has 0 radical (unpaired) electrons. The van der Waals surface area contributed by atoms with Gasteiger partial charge in [-0.15, -0.1) is 0 Å². The van der Waals surface area contributed by atoms with Crippen LogP contribution in [0.15, 0.2) is 42.5 Å². The molecular weight excluding hydrogens is 393 g/mol. The number of aryl methyl sites for hydroxylation is 1. The van der Waals surface area contributed by atoms with Crippen LogP contribution in [0, 0.1) is 6.92 Å². The first-order valence-corrected chi connectivity index (χ1v) is 10.0. The lowest BCUT2D eigenvalue weighted by molar-refractivity contribution is -0.137. The minimum absolute atomic E-state index is 0.0739. The third-order valence-corrected chi connectivity index (χ3v) is 5.90. The van der Waals surface area contributed by atoms with Crippen molar-refractivity contribution in [2.75, 3.05) is 4.72 Å². The van der Waals surface area contributed by atoms with E-state index in [1.165, 1.54) is 30.3 Å². The lowest BCUT2D eigenvalue weighted by atomic mass is 10.0. The molecule has 0 fully saturated rings. The fourth-order valence-electron chi connectivity index (χ4n) is 2.32. The highest BCUT2D eigenvalue weighted by Gasteiger charge is 2.30. The van der Waals surface area contributed by atoms with Crippen LogP contribution in [-0.2, 0) is 22.7 Å². The van der Waals surface area contributed by atoms with Gasteiger partial charge in [-0.1, -0.05) is 6.07 Å². The van der Waals surface area contributed by atoms with E-state index >= 15 is 0 Å². The first-order chi connectivity index (χ1) is 12.9. The smallest absolute Gasteiger partial charge is 0.348 e. The molecule has 0 atom stereocenters. The van der Waals surface area contributed by atoms with Gasteiger partial charge in [0.15, 0.2) is 0 Å². The highest BCUT2D eigenvalue weighted by molar-refractivity contribution is 7.93. The maximum Gasteiger partial charge on any atom is 0.416 e. The molecule has 2 rings (SSSR count). The second-order valence-electron chi connectivity index (χ2n) is 6.59. The first kappa shape index (κ1) is 21.7. The summed E-state index contributed by atoms with van der Waals surface area (Å²) in [5.74, 6) is -0.419. The lowest BCUT2D eigenvalue weighted by Crippen LogP contribution is -2.24. The number of hydrogen-bond donors (Lipinski definition) is 2. The average Bonchev–Trinajstić information content (AvgIpc) is 2.59. The minimum Gasteiger partial charge on any atom is -0.348 e. The van der Waals surface area contributed by atoms with E-state index in [4.69, 9.17) is 0 Å². The molecule has 2 N–H and O–H groups in total. The average molecular weight is 414 g/mol. The molecule has 0 aliphatic heterocycles. The highest BCUT2D eigenvalue weighted by atomic mass is 32.2. The summed E-state index contributed by atoms with van der Waals surface area (Å²) in [6.45, 7) is 4.72. The van der Waals surface area contributed by atoms with Gasteiger partial charge in [0.1, 0.15) is 0 Å². The number of sulfonamides is 1. The van der Waals surface area contributed by atoms with Crippen LogP contribution in [0.5, 0.6) is 0 Å². The van der Waals surface area contributed by atoms with Crippen LogP contribution < -0.4 is 10.0 Å². The zero-order chi connectivity index (χ0) is 21.1. The predicted molar refractivity (Wildman–Crippen MR) is 101 cm³/mol. The normalized spacial score (nSPS) is 12.1. The van der Waals surface area contributed by atoms with E-state index in [9.17, 15) is 26.4 Å². The molecule has 0 heterocycles. The first-order valence-electron chi connectivity index (χ1n) is 8.47. The Labute approximate surface area is 162 Å². The van der Waals surface area contributed by atoms with Crippen LogP contribution in [0.2, 0.25) is 0 Å². The van der Waals surface area contributed by atoms with Gasteiger partial charge >= 0.3 is 6.18 Å². The minimum atomic E-state index is -4.41. The number of amides is 1.